The third kappa shape index (κ3) is 2.14. The first-order valence-electron chi connectivity index (χ1n) is 6.24. The van der Waals surface area contributed by atoms with Gasteiger partial charge in [-0.15, -0.1) is 0 Å². The van der Waals surface area contributed by atoms with Gasteiger partial charge in [0.2, 0.25) is 0 Å². The molecule has 3 heterocycles. The Morgan fingerprint density at radius 3 is 2.61 bits per heavy atom. The monoisotopic (exact) mass is 270 g/mol. The highest BCUT2D eigenvalue weighted by molar-refractivity contribution is 6.31. The molecule has 0 aromatic heterocycles. The molecule has 2 atom stereocenters. The van der Waals surface area contributed by atoms with Crippen molar-refractivity contribution >= 4 is 11.6 Å². The molecule has 0 amide bonds. The SMILES string of the molecule is OC(c1cc(F)ccc1Cl)C1CN2CCN1CC2. The average Bonchev–Trinajstić information content (AvgIpc) is 2.42. The van der Waals surface area contributed by atoms with Crippen molar-refractivity contribution in [2.24, 2.45) is 0 Å². The van der Waals surface area contributed by atoms with Gasteiger partial charge >= 0.3 is 0 Å². The molecule has 2 unspecified atom stereocenters. The molecule has 0 aliphatic carbocycles. The molecular formula is C13H16ClFN2O. The molecule has 3 saturated heterocycles. The Morgan fingerprint density at radius 2 is 2.00 bits per heavy atom. The van der Waals surface area contributed by atoms with E-state index in [2.05, 4.69) is 9.80 Å². The van der Waals surface area contributed by atoms with Crippen LogP contribution < -0.4 is 0 Å². The second-order valence-electron chi connectivity index (χ2n) is 5.01. The fourth-order valence-corrected chi connectivity index (χ4v) is 3.13. The molecule has 18 heavy (non-hydrogen) atoms. The third-order valence-electron chi connectivity index (χ3n) is 3.96. The molecule has 2 bridgehead atoms. The van der Waals surface area contributed by atoms with E-state index in [-0.39, 0.29) is 11.9 Å². The van der Waals surface area contributed by atoms with Gasteiger partial charge in [-0.3, -0.25) is 9.80 Å². The highest BCUT2D eigenvalue weighted by Gasteiger charge is 2.37. The highest BCUT2D eigenvalue weighted by atomic mass is 35.5. The molecule has 1 N–H and O–H groups in total. The molecular weight excluding hydrogens is 255 g/mol. The summed E-state index contributed by atoms with van der Waals surface area (Å²) in [7, 11) is 0. The summed E-state index contributed by atoms with van der Waals surface area (Å²) in [5, 5.41) is 10.9. The van der Waals surface area contributed by atoms with E-state index in [9.17, 15) is 9.50 Å². The van der Waals surface area contributed by atoms with Crippen molar-refractivity contribution in [3.8, 4) is 0 Å². The Bertz CT molecular complexity index is 449. The Morgan fingerprint density at radius 1 is 1.28 bits per heavy atom. The first-order chi connectivity index (χ1) is 8.65. The maximum Gasteiger partial charge on any atom is 0.123 e. The van der Waals surface area contributed by atoms with E-state index in [0.717, 1.165) is 32.7 Å². The van der Waals surface area contributed by atoms with Gasteiger partial charge in [-0.2, -0.15) is 0 Å². The molecule has 3 aliphatic heterocycles. The first-order valence-corrected chi connectivity index (χ1v) is 6.62. The second-order valence-corrected chi connectivity index (χ2v) is 5.42. The smallest absolute Gasteiger partial charge is 0.123 e. The van der Waals surface area contributed by atoms with Crippen LogP contribution in [0.4, 0.5) is 4.39 Å². The van der Waals surface area contributed by atoms with E-state index >= 15 is 0 Å². The van der Waals surface area contributed by atoms with Gasteiger partial charge in [0.25, 0.3) is 0 Å². The van der Waals surface area contributed by atoms with E-state index in [0.29, 0.717) is 10.6 Å². The number of nitrogens with zero attached hydrogens (tertiary/aromatic N) is 2. The summed E-state index contributed by atoms with van der Waals surface area (Å²) in [6, 6.07) is 4.18. The number of benzene rings is 1. The molecule has 1 aromatic carbocycles. The summed E-state index contributed by atoms with van der Waals surface area (Å²) in [5.74, 6) is -0.357. The molecule has 0 spiro atoms. The molecule has 0 saturated carbocycles. The Labute approximate surface area is 111 Å². The Balaban J connectivity index is 1.85. The summed E-state index contributed by atoms with van der Waals surface area (Å²) in [6.45, 7) is 4.87. The summed E-state index contributed by atoms with van der Waals surface area (Å²) in [6.07, 6.45) is -0.726. The van der Waals surface area contributed by atoms with Gasteiger partial charge < -0.3 is 5.11 Å². The predicted octanol–water partition coefficient (Wildman–Crippen LogP) is 1.51. The molecule has 5 heteroatoms. The normalized spacial score (nSPS) is 32.5. The number of aliphatic hydroxyl groups excluding tert-OH is 1. The largest absolute Gasteiger partial charge is 0.387 e. The zero-order chi connectivity index (χ0) is 12.7. The van der Waals surface area contributed by atoms with Crippen molar-refractivity contribution in [2.75, 3.05) is 32.7 Å². The molecule has 4 rings (SSSR count). The highest BCUT2D eigenvalue weighted by Crippen LogP contribution is 2.31. The van der Waals surface area contributed by atoms with E-state index < -0.39 is 6.10 Å². The number of piperazine rings is 3. The lowest BCUT2D eigenvalue weighted by Gasteiger charge is -2.49. The quantitative estimate of drug-likeness (QED) is 0.883. The summed E-state index contributed by atoms with van der Waals surface area (Å²) >= 11 is 6.05. The van der Waals surface area contributed by atoms with Crippen LogP contribution in [0.5, 0.6) is 0 Å². The molecule has 3 aliphatic rings. The molecule has 98 valence electrons. The van der Waals surface area contributed by atoms with Gasteiger partial charge in [-0.1, -0.05) is 11.6 Å². The second kappa shape index (κ2) is 4.78. The van der Waals surface area contributed by atoms with Crippen molar-refractivity contribution in [3.63, 3.8) is 0 Å². The van der Waals surface area contributed by atoms with Gasteiger partial charge in [-0.25, -0.2) is 4.39 Å². The number of fused-ring (bicyclic) bond motifs is 3. The minimum absolute atomic E-state index is 0.0202. The average molecular weight is 271 g/mol. The number of hydrogen-bond acceptors (Lipinski definition) is 3. The zero-order valence-corrected chi connectivity index (χ0v) is 10.8. The fourth-order valence-electron chi connectivity index (χ4n) is 2.91. The van der Waals surface area contributed by atoms with Crippen LogP contribution in [0, 0.1) is 5.82 Å². The van der Waals surface area contributed by atoms with Crippen LogP contribution >= 0.6 is 11.6 Å². The lowest BCUT2D eigenvalue weighted by molar-refractivity contribution is -0.0470. The number of rotatable bonds is 2. The maximum atomic E-state index is 13.3. The zero-order valence-electron chi connectivity index (χ0n) is 10.0. The fraction of sp³-hybridized carbons (Fsp3) is 0.538. The van der Waals surface area contributed by atoms with Gasteiger partial charge in [0.1, 0.15) is 5.82 Å². The van der Waals surface area contributed by atoms with Crippen molar-refractivity contribution < 1.29 is 9.50 Å². The van der Waals surface area contributed by atoms with Gasteiger partial charge in [0.05, 0.1) is 12.1 Å². The van der Waals surface area contributed by atoms with Crippen LogP contribution in [-0.4, -0.2) is 53.7 Å². The van der Waals surface area contributed by atoms with Crippen LogP contribution in [0.15, 0.2) is 18.2 Å². The predicted molar refractivity (Wildman–Crippen MR) is 68.2 cm³/mol. The van der Waals surface area contributed by atoms with Crippen molar-refractivity contribution in [2.45, 2.75) is 12.1 Å². The lowest BCUT2D eigenvalue weighted by Crippen LogP contribution is -2.62. The van der Waals surface area contributed by atoms with Crippen LogP contribution in [-0.2, 0) is 0 Å². The van der Waals surface area contributed by atoms with E-state index in [4.69, 9.17) is 11.6 Å². The minimum Gasteiger partial charge on any atom is -0.387 e. The summed E-state index contributed by atoms with van der Waals surface area (Å²) in [4.78, 5) is 4.60. The van der Waals surface area contributed by atoms with Crippen molar-refractivity contribution in [3.05, 3.63) is 34.6 Å². The van der Waals surface area contributed by atoms with Crippen LogP contribution in [0.1, 0.15) is 11.7 Å². The van der Waals surface area contributed by atoms with Crippen molar-refractivity contribution in [1.82, 2.24) is 9.80 Å². The lowest BCUT2D eigenvalue weighted by atomic mass is 9.96. The summed E-state index contributed by atoms with van der Waals surface area (Å²) in [5.41, 5.74) is 0.496. The van der Waals surface area contributed by atoms with Crippen LogP contribution in [0.2, 0.25) is 5.02 Å². The van der Waals surface area contributed by atoms with Crippen LogP contribution in [0.3, 0.4) is 0 Å². The molecule has 0 radical (unpaired) electrons. The molecule has 1 aromatic rings. The van der Waals surface area contributed by atoms with E-state index in [1.807, 2.05) is 0 Å². The Hall–Kier alpha value is -0.680. The maximum absolute atomic E-state index is 13.3. The number of halogens is 2. The molecule has 3 nitrogen and oxygen atoms in total. The molecule has 3 fully saturated rings. The van der Waals surface area contributed by atoms with E-state index in [1.54, 1.807) is 0 Å². The third-order valence-corrected chi connectivity index (χ3v) is 4.31. The minimum atomic E-state index is -0.726. The van der Waals surface area contributed by atoms with Gasteiger partial charge in [0, 0.05) is 43.3 Å². The van der Waals surface area contributed by atoms with Crippen molar-refractivity contribution in [1.29, 1.82) is 0 Å². The summed E-state index contributed by atoms with van der Waals surface area (Å²) < 4.78 is 13.3. The standard InChI is InChI=1S/C13H16ClFN2O/c14-11-2-1-9(15)7-10(11)13(18)12-8-16-3-5-17(12)6-4-16/h1-2,7,12-13,18H,3-6,8H2. The first kappa shape index (κ1) is 12.4. The van der Waals surface area contributed by atoms with E-state index in [1.165, 1.54) is 18.2 Å². The topological polar surface area (TPSA) is 26.7 Å². The number of aliphatic hydroxyl groups is 1. The van der Waals surface area contributed by atoms with Crippen LogP contribution in [0.25, 0.3) is 0 Å². The van der Waals surface area contributed by atoms with Gasteiger partial charge in [-0.05, 0) is 18.2 Å². The Kier molecular flexibility index (Phi) is 3.28. The van der Waals surface area contributed by atoms with Gasteiger partial charge in [0.15, 0.2) is 0 Å². The number of hydrogen-bond donors (Lipinski definition) is 1.